The van der Waals surface area contributed by atoms with Crippen molar-refractivity contribution >= 4 is 61.0 Å². The molecule has 8 heteroatoms. The monoisotopic (exact) mass is 588 g/mol. The van der Waals surface area contributed by atoms with Crippen LogP contribution in [-0.2, 0) is 16.1 Å². The first-order chi connectivity index (χ1) is 18.3. The van der Waals surface area contributed by atoms with Gasteiger partial charge in [0.05, 0.1) is 12.2 Å². The van der Waals surface area contributed by atoms with Gasteiger partial charge in [-0.05, 0) is 66.9 Å². The molecule has 0 spiro atoms. The predicted octanol–water partition coefficient (Wildman–Crippen LogP) is 7.58. The van der Waals surface area contributed by atoms with Crippen LogP contribution in [0.25, 0.3) is 16.8 Å². The number of nitrogens with one attached hydrogen (secondary N) is 1. The normalized spacial score (nSPS) is 11.2. The number of hydrogen-bond acceptors (Lipinski definition) is 6. The number of rotatable bonds is 8. The molecule has 38 heavy (non-hydrogen) atoms. The zero-order chi connectivity index (χ0) is 27.2. The van der Waals surface area contributed by atoms with E-state index in [2.05, 4.69) is 21.2 Å². The fourth-order valence-corrected chi connectivity index (χ4v) is 5.23. The van der Waals surface area contributed by atoms with Gasteiger partial charge in [-0.2, -0.15) is 5.26 Å². The Morgan fingerprint density at radius 1 is 1.08 bits per heavy atom. The fraction of sp³-hybridized carbons (Fsp3) is 0.167. The van der Waals surface area contributed by atoms with Crippen molar-refractivity contribution in [3.8, 4) is 11.8 Å². The summed E-state index contributed by atoms with van der Waals surface area (Å²) >= 11 is 4.71. The second kappa shape index (κ2) is 12.1. The van der Waals surface area contributed by atoms with Crippen LogP contribution in [0.1, 0.15) is 38.8 Å². The molecule has 6 nitrogen and oxygen atoms in total. The van der Waals surface area contributed by atoms with Crippen molar-refractivity contribution in [2.75, 3.05) is 11.9 Å². The summed E-state index contributed by atoms with van der Waals surface area (Å²) in [5.74, 6) is -0.585. The number of nitrogens with zero attached hydrogens (tertiary/aromatic N) is 1. The SMILES string of the molecule is CCOC(=O)c1c(NC(=O)C(C#N)=Cc2c(OCc3ccc(Br)cc3)ccc3ccccc23)sc(C)c1C. The van der Waals surface area contributed by atoms with Crippen LogP contribution in [-0.4, -0.2) is 18.5 Å². The lowest BCUT2D eigenvalue weighted by Gasteiger charge is -2.13. The van der Waals surface area contributed by atoms with Crippen LogP contribution >= 0.6 is 27.3 Å². The summed E-state index contributed by atoms with van der Waals surface area (Å²) in [4.78, 5) is 26.7. The van der Waals surface area contributed by atoms with E-state index in [4.69, 9.17) is 9.47 Å². The van der Waals surface area contributed by atoms with Gasteiger partial charge in [0.1, 0.15) is 29.0 Å². The van der Waals surface area contributed by atoms with Gasteiger partial charge >= 0.3 is 5.97 Å². The molecule has 0 saturated heterocycles. The quantitative estimate of drug-likeness (QED) is 0.130. The number of nitriles is 1. The van der Waals surface area contributed by atoms with Crippen molar-refractivity contribution in [1.82, 2.24) is 0 Å². The zero-order valence-corrected chi connectivity index (χ0v) is 23.5. The van der Waals surface area contributed by atoms with Gasteiger partial charge < -0.3 is 14.8 Å². The number of aryl methyl sites for hydroxylation is 1. The fourth-order valence-electron chi connectivity index (χ4n) is 3.92. The number of hydrogen-bond donors (Lipinski definition) is 1. The third kappa shape index (κ3) is 5.96. The topological polar surface area (TPSA) is 88.4 Å². The van der Waals surface area contributed by atoms with Crippen molar-refractivity contribution in [2.24, 2.45) is 0 Å². The molecular weight excluding hydrogens is 564 g/mol. The molecule has 4 aromatic rings. The van der Waals surface area contributed by atoms with Crippen LogP contribution in [0, 0.1) is 25.2 Å². The molecule has 0 bridgehead atoms. The average Bonchev–Trinajstić information content (AvgIpc) is 3.19. The van der Waals surface area contributed by atoms with E-state index in [0.717, 1.165) is 31.2 Å². The van der Waals surface area contributed by atoms with Gasteiger partial charge in [0.25, 0.3) is 5.91 Å². The lowest BCUT2D eigenvalue weighted by atomic mass is 10.0. The number of amides is 1. The van der Waals surface area contributed by atoms with E-state index in [0.29, 0.717) is 28.5 Å². The van der Waals surface area contributed by atoms with Crippen LogP contribution in [0.4, 0.5) is 5.00 Å². The Bertz CT molecular complexity index is 1580. The molecule has 0 aliphatic carbocycles. The second-order valence-corrected chi connectivity index (χ2v) is 10.6. The number of esters is 1. The predicted molar refractivity (Wildman–Crippen MR) is 154 cm³/mol. The van der Waals surface area contributed by atoms with E-state index in [1.54, 1.807) is 13.8 Å². The summed E-state index contributed by atoms with van der Waals surface area (Å²) in [6.07, 6.45) is 1.53. The number of benzene rings is 3. The zero-order valence-electron chi connectivity index (χ0n) is 21.1. The van der Waals surface area contributed by atoms with Gasteiger partial charge in [0.15, 0.2) is 0 Å². The maximum Gasteiger partial charge on any atom is 0.341 e. The van der Waals surface area contributed by atoms with Crippen LogP contribution in [0.3, 0.4) is 0 Å². The number of fused-ring (bicyclic) bond motifs is 1. The van der Waals surface area contributed by atoms with Gasteiger partial charge in [-0.25, -0.2) is 4.79 Å². The van der Waals surface area contributed by atoms with Crippen LogP contribution in [0.2, 0.25) is 0 Å². The minimum atomic E-state index is -0.619. The van der Waals surface area contributed by atoms with Gasteiger partial charge in [0.2, 0.25) is 0 Å². The van der Waals surface area contributed by atoms with Crippen molar-refractivity contribution in [1.29, 1.82) is 5.26 Å². The second-order valence-electron chi connectivity index (χ2n) is 8.45. The lowest BCUT2D eigenvalue weighted by Crippen LogP contribution is -2.16. The first kappa shape index (κ1) is 27.1. The van der Waals surface area contributed by atoms with E-state index >= 15 is 0 Å². The van der Waals surface area contributed by atoms with E-state index in [9.17, 15) is 14.9 Å². The Balaban J connectivity index is 1.70. The molecule has 4 rings (SSSR count). The highest BCUT2D eigenvalue weighted by Gasteiger charge is 2.23. The number of carbonyl (C=O) groups is 2. The smallest absolute Gasteiger partial charge is 0.341 e. The Labute approximate surface area is 233 Å². The molecule has 0 saturated carbocycles. The molecule has 0 aliphatic rings. The molecule has 1 N–H and O–H groups in total. The Morgan fingerprint density at radius 3 is 2.53 bits per heavy atom. The molecular formula is C30H25BrN2O4S. The Hall–Kier alpha value is -3.93. The van der Waals surface area contributed by atoms with Gasteiger partial charge in [-0.1, -0.05) is 58.4 Å². The maximum absolute atomic E-state index is 13.3. The molecule has 0 fully saturated rings. The van der Waals surface area contributed by atoms with Gasteiger partial charge in [-0.15, -0.1) is 11.3 Å². The molecule has 3 aromatic carbocycles. The van der Waals surface area contributed by atoms with Gasteiger partial charge in [0, 0.05) is 14.9 Å². The lowest BCUT2D eigenvalue weighted by molar-refractivity contribution is -0.112. The van der Waals surface area contributed by atoms with E-state index in [-0.39, 0.29) is 12.2 Å². The number of ether oxygens (including phenoxy) is 2. The molecule has 0 radical (unpaired) electrons. The molecule has 1 aromatic heterocycles. The standard InChI is InChI=1S/C30H25BrN2O4S/c1-4-36-30(35)27-18(2)19(3)38-29(27)33-28(34)22(16-32)15-25-24-8-6-5-7-21(24)11-14-26(25)37-17-20-9-12-23(31)13-10-20/h5-15H,4,17H2,1-3H3,(H,33,34). The van der Waals surface area contributed by atoms with Crippen molar-refractivity contribution in [3.63, 3.8) is 0 Å². The molecule has 0 atom stereocenters. The number of anilines is 1. The third-order valence-electron chi connectivity index (χ3n) is 5.98. The largest absolute Gasteiger partial charge is 0.488 e. The number of thiophene rings is 1. The first-order valence-electron chi connectivity index (χ1n) is 11.9. The van der Waals surface area contributed by atoms with Crippen LogP contribution in [0.15, 0.2) is 70.7 Å². The Morgan fingerprint density at radius 2 is 1.82 bits per heavy atom. The number of halogens is 1. The van der Waals surface area contributed by atoms with Crippen molar-refractivity contribution in [2.45, 2.75) is 27.4 Å². The highest BCUT2D eigenvalue weighted by atomic mass is 79.9. The van der Waals surface area contributed by atoms with E-state index in [1.165, 1.54) is 17.4 Å². The van der Waals surface area contributed by atoms with Crippen molar-refractivity contribution in [3.05, 3.63) is 97.8 Å². The van der Waals surface area contributed by atoms with Crippen LogP contribution in [0.5, 0.6) is 5.75 Å². The maximum atomic E-state index is 13.3. The van der Waals surface area contributed by atoms with Crippen molar-refractivity contribution < 1.29 is 19.1 Å². The minimum Gasteiger partial charge on any atom is -0.488 e. The van der Waals surface area contributed by atoms with Gasteiger partial charge in [-0.3, -0.25) is 4.79 Å². The molecule has 1 amide bonds. The summed E-state index contributed by atoms with van der Waals surface area (Å²) in [5, 5.41) is 14.8. The minimum absolute atomic E-state index is 0.117. The Kier molecular flexibility index (Phi) is 8.62. The highest BCUT2D eigenvalue weighted by Crippen LogP contribution is 2.34. The summed E-state index contributed by atoms with van der Waals surface area (Å²) in [6, 6.07) is 21.3. The first-order valence-corrected chi connectivity index (χ1v) is 13.5. The molecule has 0 unspecified atom stereocenters. The van der Waals surface area contributed by atoms with E-state index < -0.39 is 11.9 Å². The summed E-state index contributed by atoms with van der Waals surface area (Å²) in [5.41, 5.74) is 2.53. The molecule has 0 aliphatic heterocycles. The summed E-state index contributed by atoms with van der Waals surface area (Å²) < 4.78 is 12.3. The average molecular weight is 590 g/mol. The highest BCUT2D eigenvalue weighted by molar-refractivity contribution is 9.10. The summed E-state index contributed by atoms with van der Waals surface area (Å²) in [6.45, 7) is 5.93. The van der Waals surface area contributed by atoms with E-state index in [1.807, 2.05) is 73.7 Å². The third-order valence-corrected chi connectivity index (χ3v) is 7.64. The molecule has 192 valence electrons. The number of carbonyl (C=O) groups excluding carboxylic acids is 2. The van der Waals surface area contributed by atoms with Crippen LogP contribution < -0.4 is 10.1 Å². The summed E-state index contributed by atoms with van der Waals surface area (Å²) in [7, 11) is 0. The molecule has 1 heterocycles.